The first-order valence-electron chi connectivity index (χ1n) is 5.51. The van der Waals surface area contributed by atoms with Crippen molar-refractivity contribution >= 4 is 5.91 Å². The lowest BCUT2D eigenvalue weighted by atomic mass is 10.1. The van der Waals surface area contributed by atoms with Crippen molar-refractivity contribution in [2.24, 2.45) is 5.73 Å². The molecule has 86 valence electrons. The number of likely N-dealkylation sites (tertiary alicyclic amines) is 1. The lowest BCUT2D eigenvalue weighted by molar-refractivity contribution is -0.158. The van der Waals surface area contributed by atoms with Crippen LogP contribution in [0.2, 0.25) is 0 Å². The Morgan fingerprint density at radius 1 is 1.27 bits per heavy atom. The lowest BCUT2D eigenvalue weighted by Crippen LogP contribution is -2.49. The molecule has 15 heavy (non-hydrogen) atoms. The van der Waals surface area contributed by atoms with Gasteiger partial charge in [0.05, 0.1) is 19.8 Å². The molecule has 0 spiro atoms. The molecule has 0 aliphatic carbocycles. The quantitative estimate of drug-likeness (QED) is 0.630. The molecule has 1 atom stereocenters. The average molecular weight is 214 g/mol. The van der Waals surface area contributed by atoms with Gasteiger partial charge in [0, 0.05) is 19.1 Å². The number of piperidine rings is 1. The maximum Gasteiger partial charge on any atom is 0.254 e. The summed E-state index contributed by atoms with van der Waals surface area (Å²) in [7, 11) is 0. The van der Waals surface area contributed by atoms with E-state index in [0.29, 0.717) is 19.8 Å². The van der Waals surface area contributed by atoms with E-state index >= 15 is 0 Å². The molecule has 2 fully saturated rings. The molecule has 2 heterocycles. The Balaban J connectivity index is 1.84. The molecule has 2 rings (SSSR count). The third-order valence-electron chi connectivity index (χ3n) is 2.94. The number of rotatable bonds is 1. The van der Waals surface area contributed by atoms with Crippen molar-refractivity contribution in [3.63, 3.8) is 0 Å². The number of ether oxygens (including phenoxy) is 2. The maximum atomic E-state index is 11.9. The van der Waals surface area contributed by atoms with Crippen LogP contribution in [0.25, 0.3) is 0 Å². The highest BCUT2D eigenvalue weighted by Crippen LogP contribution is 2.12. The van der Waals surface area contributed by atoms with Crippen molar-refractivity contribution in [2.45, 2.75) is 25.0 Å². The zero-order chi connectivity index (χ0) is 10.7. The number of amides is 1. The number of nitrogens with two attached hydrogens (primary N) is 1. The molecular weight excluding hydrogens is 196 g/mol. The van der Waals surface area contributed by atoms with Crippen molar-refractivity contribution in [1.29, 1.82) is 0 Å². The van der Waals surface area contributed by atoms with Gasteiger partial charge in [0.25, 0.3) is 5.91 Å². The van der Waals surface area contributed by atoms with Crippen LogP contribution in [0.3, 0.4) is 0 Å². The molecule has 5 heteroatoms. The Labute approximate surface area is 89.5 Å². The van der Waals surface area contributed by atoms with E-state index in [9.17, 15) is 4.79 Å². The summed E-state index contributed by atoms with van der Waals surface area (Å²) < 4.78 is 10.6. The Kier molecular flexibility index (Phi) is 3.56. The highest BCUT2D eigenvalue weighted by Gasteiger charge is 2.29. The second-order valence-electron chi connectivity index (χ2n) is 4.10. The minimum atomic E-state index is -0.395. The summed E-state index contributed by atoms with van der Waals surface area (Å²) in [4.78, 5) is 13.8. The second-order valence-corrected chi connectivity index (χ2v) is 4.10. The van der Waals surface area contributed by atoms with Gasteiger partial charge in [-0.15, -0.1) is 0 Å². The summed E-state index contributed by atoms with van der Waals surface area (Å²) in [6, 6.07) is 0.248. The van der Waals surface area contributed by atoms with Crippen LogP contribution in [-0.4, -0.2) is 55.9 Å². The summed E-state index contributed by atoms with van der Waals surface area (Å²) in [5.41, 5.74) is 5.78. The summed E-state index contributed by atoms with van der Waals surface area (Å²) in [5, 5.41) is 0. The van der Waals surface area contributed by atoms with Crippen molar-refractivity contribution < 1.29 is 14.3 Å². The number of nitrogens with zero attached hydrogens (tertiary/aromatic N) is 1. The third-order valence-corrected chi connectivity index (χ3v) is 2.94. The molecule has 0 saturated carbocycles. The van der Waals surface area contributed by atoms with Crippen molar-refractivity contribution in [2.75, 3.05) is 32.9 Å². The monoisotopic (exact) mass is 214 g/mol. The largest absolute Gasteiger partial charge is 0.376 e. The van der Waals surface area contributed by atoms with Crippen LogP contribution in [0.4, 0.5) is 0 Å². The summed E-state index contributed by atoms with van der Waals surface area (Å²) >= 11 is 0. The van der Waals surface area contributed by atoms with Crippen molar-refractivity contribution in [3.8, 4) is 0 Å². The van der Waals surface area contributed by atoms with Gasteiger partial charge in [-0.2, -0.15) is 0 Å². The van der Waals surface area contributed by atoms with E-state index in [4.69, 9.17) is 15.2 Å². The fourth-order valence-electron chi connectivity index (χ4n) is 1.95. The first-order chi connectivity index (χ1) is 7.27. The van der Waals surface area contributed by atoms with Crippen LogP contribution in [0.5, 0.6) is 0 Å². The topological polar surface area (TPSA) is 64.8 Å². The van der Waals surface area contributed by atoms with Gasteiger partial charge in [-0.05, 0) is 12.8 Å². The molecule has 0 aromatic carbocycles. The third kappa shape index (κ3) is 2.68. The predicted molar refractivity (Wildman–Crippen MR) is 54.3 cm³/mol. The van der Waals surface area contributed by atoms with E-state index in [2.05, 4.69) is 0 Å². The SMILES string of the molecule is NC1CCN(C(=O)C2COCCO2)CC1. The van der Waals surface area contributed by atoms with Crippen LogP contribution < -0.4 is 5.73 Å². The average Bonchev–Trinajstić information content (AvgIpc) is 2.30. The molecule has 5 nitrogen and oxygen atoms in total. The lowest BCUT2D eigenvalue weighted by Gasteiger charge is -2.33. The summed E-state index contributed by atoms with van der Waals surface area (Å²) in [6.07, 6.45) is 1.38. The zero-order valence-electron chi connectivity index (χ0n) is 8.85. The van der Waals surface area contributed by atoms with E-state index in [1.807, 2.05) is 4.90 Å². The normalized spacial score (nSPS) is 29.1. The van der Waals surface area contributed by atoms with Gasteiger partial charge < -0.3 is 20.1 Å². The molecule has 0 aromatic rings. The minimum absolute atomic E-state index is 0.0570. The Hall–Kier alpha value is -0.650. The van der Waals surface area contributed by atoms with Crippen LogP contribution in [0.1, 0.15) is 12.8 Å². The minimum Gasteiger partial charge on any atom is -0.376 e. The van der Waals surface area contributed by atoms with Crippen LogP contribution in [0.15, 0.2) is 0 Å². The molecule has 2 aliphatic heterocycles. The summed E-state index contributed by atoms with van der Waals surface area (Å²) in [5.74, 6) is 0.0570. The van der Waals surface area contributed by atoms with Crippen LogP contribution in [0, 0.1) is 0 Å². The molecule has 1 amide bonds. The molecule has 1 unspecified atom stereocenters. The standard InChI is InChI=1S/C10H18N2O3/c11-8-1-3-12(4-2-8)10(13)9-7-14-5-6-15-9/h8-9H,1-7,11H2. The fraction of sp³-hybridized carbons (Fsp3) is 0.900. The fourth-order valence-corrected chi connectivity index (χ4v) is 1.95. The second kappa shape index (κ2) is 4.92. The van der Waals surface area contributed by atoms with Gasteiger partial charge in [-0.25, -0.2) is 0 Å². The van der Waals surface area contributed by atoms with Gasteiger partial charge in [0.15, 0.2) is 6.10 Å². The highest BCUT2D eigenvalue weighted by atomic mass is 16.6. The molecule has 2 N–H and O–H groups in total. The van der Waals surface area contributed by atoms with Gasteiger partial charge in [-0.1, -0.05) is 0 Å². The van der Waals surface area contributed by atoms with Gasteiger partial charge >= 0.3 is 0 Å². The number of carbonyl (C=O) groups excluding carboxylic acids is 1. The van der Waals surface area contributed by atoms with E-state index in [-0.39, 0.29) is 11.9 Å². The Bertz CT molecular complexity index is 221. The van der Waals surface area contributed by atoms with E-state index in [0.717, 1.165) is 25.9 Å². The van der Waals surface area contributed by atoms with Gasteiger partial charge in [-0.3, -0.25) is 4.79 Å². The van der Waals surface area contributed by atoms with E-state index in [1.54, 1.807) is 0 Å². The Morgan fingerprint density at radius 2 is 2.00 bits per heavy atom. The molecule has 0 radical (unpaired) electrons. The predicted octanol–water partition coefficient (Wildman–Crippen LogP) is -0.648. The van der Waals surface area contributed by atoms with Crippen LogP contribution >= 0.6 is 0 Å². The number of carbonyl (C=O) groups is 1. The van der Waals surface area contributed by atoms with Crippen molar-refractivity contribution in [3.05, 3.63) is 0 Å². The zero-order valence-corrected chi connectivity index (χ0v) is 8.85. The van der Waals surface area contributed by atoms with Gasteiger partial charge in [0.1, 0.15) is 0 Å². The first-order valence-corrected chi connectivity index (χ1v) is 5.51. The highest BCUT2D eigenvalue weighted by molar-refractivity contribution is 5.81. The van der Waals surface area contributed by atoms with E-state index in [1.165, 1.54) is 0 Å². The van der Waals surface area contributed by atoms with Crippen molar-refractivity contribution in [1.82, 2.24) is 4.90 Å². The molecule has 2 saturated heterocycles. The number of hydrogen-bond acceptors (Lipinski definition) is 4. The van der Waals surface area contributed by atoms with E-state index < -0.39 is 6.10 Å². The number of hydrogen-bond donors (Lipinski definition) is 1. The first kappa shape index (κ1) is 10.9. The Morgan fingerprint density at radius 3 is 2.60 bits per heavy atom. The molecule has 0 bridgehead atoms. The maximum absolute atomic E-state index is 11.9. The van der Waals surface area contributed by atoms with Crippen LogP contribution in [-0.2, 0) is 14.3 Å². The molecule has 0 aromatic heterocycles. The summed E-state index contributed by atoms with van der Waals surface area (Å²) in [6.45, 7) is 3.00. The molecular formula is C10H18N2O3. The molecule has 2 aliphatic rings. The smallest absolute Gasteiger partial charge is 0.254 e. The van der Waals surface area contributed by atoms with Gasteiger partial charge in [0.2, 0.25) is 0 Å².